The van der Waals surface area contributed by atoms with Crippen LogP contribution in [0.25, 0.3) is 5.69 Å². The molecule has 1 saturated heterocycles. The maximum absolute atomic E-state index is 13.1. The van der Waals surface area contributed by atoms with Gasteiger partial charge in [0.25, 0.3) is 5.91 Å². The van der Waals surface area contributed by atoms with Crippen LogP contribution in [0.4, 0.5) is 4.39 Å². The number of rotatable bonds is 2. The molecule has 1 aromatic heterocycles. The Hall–Kier alpha value is -2.21. The van der Waals surface area contributed by atoms with E-state index in [1.54, 1.807) is 34.1 Å². The van der Waals surface area contributed by atoms with Crippen LogP contribution in [0, 0.1) is 5.82 Å². The maximum Gasteiger partial charge on any atom is 0.272 e. The summed E-state index contributed by atoms with van der Waals surface area (Å²) in [6.07, 6.45) is 3.08. The molecule has 1 atom stereocenters. The Morgan fingerprint density at radius 3 is 2.70 bits per heavy atom. The van der Waals surface area contributed by atoms with Gasteiger partial charge >= 0.3 is 0 Å². The third-order valence-corrected chi connectivity index (χ3v) is 3.82. The van der Waals surface area contributed by atoms with E-state index in [1.807, 2.05) is 20.8 Å². The number of nitrogens with zero attached hydrogens (tertiary/aromatic N) is 3. The van der Waals surface area contributed by atoms with E-state index in [2.05, 4.69) is 4.98 Å². The van der Waals surface area contributed by atoms with Crippen LogP contribution in [0.1, 0.15) is 31.3 Å². The van der Waals surface area contributed by atoms with E-state index in [0.717, 1.165) is 0 Å². The second-order valence-electron chi connectivity index (χ2n) is 6.50. The van der Waals surface area contributed by atoms with Gasteiger partial charge in [-0.25, -0.2) is 9.37 Å². The Balaban J connectivity index is 1.89. The van der Waals surface area contributed by atoms with E-state index < -0.39 is 0 Å². The van der Waals surface area contributed by atoms with Gasteiger partial charge in [0.05, 0.1) is 24.2 Å². The molecule has 1 aliphatic rings. The summed E-state index contributed by atoms with van der Waals surface area (Å²) in [5, 5.41) is 0. The largest absolute Gasteiger partial charge is 0.369 e. The van der Waals surface area contributed by atoms with Crippen molar-refractivity contribution in [2.75, 3.05) is 13.1 Å². The van der Waals surface area contributed by atoms with Crippen LogP contribution < -0.4 is 0 Å². The van der Waals surface area contributed by atoms with Crippen molar-refractivity contribution >= 4 is 5.91 Å². The zero-order valence-electron chi connectivity index (χ0n) is 13.5. The van der Waals surface area contributed by atoms with Gasteiger partial charge in [-0.15, -0.1) is 0 Å². The summed E-state index contributed by atoms with van der Waals surface area (Å²) < 4.78 is 20.6. The molecular formula is C17H20FN3O2. The molecule has 0 N–H and O–H groups in total. The first-order valence-corrected chi connectivity index (χ1v) is 7.61. The smallest absolute Gasteiger partial charge is 0.272 e. The summed E-state index contributed by atoms with van der Waals surface area (Å²) >= 11 is 0. The molecule has 1 aliphatic heterocycles. The Labute approximate surface area is 134 Å². The minimum Gasteiger partial charge on any atom is -0.369 e. The molecule has 0 saturated carbocycles. The van der Waals surface area contributed by atoms with Gasteiger partial charge in [0.2, 0.25) is 0 Å². The van der Waals surface area contributed by atoms with Crippen molar-refractivity contribution in [3.05, 3.63) is 48.3 Å². The molecule has 23 heavy (non-hydrogen) atoms. The third-order valence-electron chi connectivity index (χ3n) is 3.82. The normalized spacial score (nSPS) is 20.5. The van der Waals surface area contributed by atoms with Gasteiger partial charge < -0.3 is 9.64 Å². The highest BCUT2D eigenvalue weighted by molar-refractivity contribution is 5.93. The van der Waals surface area contributed by atoms with Crippen LogP contribution in [0.2, 0.25) is 0 Å². The molecule has 3 rings (SSSR count). The summed E-state index contributed by atoms with van der Waals surface area (Å²) in [7, 11) is 0. The number of halogens is 1. The number of morpholine rings is 1. The second-order valence-corrected chi connectivity index (χ2v) is 6.50. The summed E-state index contributed by atoms with van der Waals surface area (Å²) in [5.74, 6) is -0.416. The lowest BCUT2D eigenvalue weighted by Gasteiger charge is -2.41. The molecule has 0 spiro atoms. The molecular weight excluding hydrogens is 297 g/mol. The SMILES string of the molecule is CC1CN(C(=O)c2cncn2-c2ccc(F)cc2)CC(C)(C)O1. The Morgan fingerprint density at radius 2 is 2.04 bits per heavy atom. The van der Waals surface area contributed by atoms with Gasteiger partial charge in [-0.1, -0.05) is 0 Å². The highest BCUT2D eigenvalue weighted by Crippen LogP contribution is 2.23. The van der Waals surface area contributed by atoms with Gasteiger partial charge in [0, 0.05) is 18.8 Å². The summed E-state index contributed by atoms with van der Waals surface area (Å²) in [6.45, 7) is 6.96. The Morgan fingerprint density at radius 1 is 1.35 bits per heavy atom. The van der Waals surface area contributed by atoms with Gasteiger partial charge in [-0.2, -0.15) is 0 Å². The predicted octanol–water partition coefficient (Wildman–Crippen LogP) is 2.65. The Bertz CT molecular complexity index is 709. The second kappa shape index (κ2) is 5.77. The van der Waals surface area contributed by atoms with Gasteiger partial charge in [0.1, 0.15) is 11.5 Å². The summed E-state index contributed by atoms with van der Waals surface area (Å²) in [5.41, 5.74) is 0.781. The lowest BCUT2D eigenvalue weighted by Crippen LogP contribution is -2.54. The molecule has 2 aromatic rings. The monoisotopic (exact) mass is 317 g/mol. The van der Waals surface area contributed by atoms with Crippen LogP contribution >= 0.6 is 0 Å². The number of hydrogen-bond acceptors (Lipinski definition) is 3. The van der Waals surface area contributed by atoms with Crippen molar-refractivity contribution in [3.63, 3.8) is 0 Å². The molecule has 5 nitrogen and oxygen atoms in total. The summed E-state index contributed by atoms with van der Waals surface area (Å²) in [4.78, 5) is 18.8. The number of aromatic nitrogens is 2. The van der Waals surface area contributed by atoms with Gasteiger partial charge in [-0.05, 0) is 45.0 Å². The molecule has 0 radical (unpaired) electrons. The fourth-order valence-electron chi connectivity index (χ4n) is 3.03. The zero-order valence-corrected chi connectivity index (χ0v) is 13.5. The molecule has 1 aromatic carbocycles. The molecule has 6 heteroatoms. The van der Waals surface area contributed by atoms with Gasteiger partial charge in [-0.3, -0.25) is 9.36 Å². The number of imidazole rings is 1. The molecule has 0 bridgehead atoms. The minimum absolute atomic E-state index is 0.0232. The highest BCUT2D eigenvalue weighted by atomic mass is 19.1. The standard InChI is InChI=1S/C17H20FN3O2/c1-12-9-20(10-17(2,3)23-12)16(22)15-8-19-11-21(15)14-6-4-13(18)5-7-14/h4-8,11-12H,9-10H2,1-3H3. The molecule has 122 valence electrons. The van der Waals surface area contributed by atoms with Crippen LogP contribution in [0.3, 0.4) is 0 Å². The van der Waals surface area contributed by atoms with Crippen molar-refractivity contribution in [1.82, 2.24) is 14.5 Å². The molecule has 1 unspecified atom stereocenters. The summed E-state index contributed by atoms with van der Waals surface area (Å²) in [6, 6.07) is 5.98. The molecule has 1 amide bonds. The highest BCUT2D eigenvalue weighted by Gasteiger charge is 2.35. The first-order valence-electron chi connectivity index (χ1n) is 7.61. The van der Waals surface area contributed by atoms with E-state index in [1.165, 1.54) is 12.1 Å². The van der Waals surface area contributed by atoms with Crippen molar-refractivity contribution < 1.29 is 13.9 Å². The minimum atomic E-state index is -0.381. The number of benzene rings is 1. The lowest BCUT2D eigenvalue weighted by atomic mass is 10.1. The maximum atomic E-state index is 13.1. The first kappa shape index (κ1) is 15.7. The predicted molar refractivity (Wildman–Crippen MR) is 84.1 cm³/mol. The van der Waals surface area contributed by atoms with E-state index in [0.29, 0.717) is 24.5 Å². The van der Waals surface area contributed by atoms with E-state index in [-0.39, 0.29) is 23.4 Å². The fourth-order valence-corrected chi connectivity index (χ4v) is 3.03. The quantitative estimate of drug-likeness (QED) is 0.855. The van der Waals surface area contributed by atoms with Crippen molar-refractivity contribution in [1.29, 1.82) is 0 Å². The van der Waals surface area contributed by atoms with E-state index in [9.17, 15) is 9.18 Å². The van der Waals surface area contributed by atoms with Crippen LogP contribution in [0.5, 0.6) is 0 Å². The number of carbonyl (C=O) groups excluding carboxylic acids is 1. The van der Waals surface area contributed by atoms with Crippen LogP contribution in [0.15, 0.2) is 36.8 Å². The van der Waals surface area contributed by atoms with Crippen molar-refractivity contribution in [2.24, 2.45) is 0 Å². The first-order chi connectivity index (χ1) is 10.9. The fraction of sp³-hybridized carbons (Fsp3) is 0.412. The van der Waals surface area contributed by atoms with E-state index >= 15 is 0 Å². The number of carbonyl (C=O) groups is 1. The zero-order chi connectivity index (χ0) is 16.6. The molecule has 0 aliphatic carbocycles. The van der Waals surface area contributed by atoms with Crippen LogP contribution in [-0.4, -0.2) is 45.2 Å². The third kappa shape index (κ3) is 3.27. The Kier molecular flexibility index (Phi) is 3.93. The average Bonchev–Trinajstić information content (AvgIpc) is 2.94. The number of amides is 1. The lowest BCUT2D eigenvalue weighted by molar-refractivity contribution is -0.119. The van der Waals surface area contributed by atoms with Crippen molar-refractivity contribution in [2.45, 2.75) is 32.5 Å². The topological polar surface area (TPSA) is 47.4 Å². The number of ether oxygens (including phenoxy) is 1. The van der Waals surface area contributed by atoms with Crippen LogP contribution in [-0.2, 0) is 4.74 Å². The molecule has 1 fully saturated rings. The van der Waals surface area contributed by atoms with Crippen molar-refractivity contribution in [3.8, 4) is 5.69 Å². The average molecular weight is 317 g/mol. The van der Waals surface area contributed by atoms with E-state index in [4.69, 9.17) is 4.74 Å². The van der Waals surface area contributed by atoms with Gasteiger partial charge in [0.15, 0.2) is 0 Å². The molecule has 2 heterocycles. The number of hydrogen-bond donors (Lipinski definition) is 0.